The summed E-state index contributed by atoms with van der Waals surface area (Å²) in [5, 5.41) is 10.8. The number of fused-ring (bicyclic) bond motifs is 1. The van der Waals surface area contributed by atoms with Crippen LogP contribution >= 0.6 is 0 Å². The Balaban J connectivity index is 1.72. The zero-order valence-corrected chi connectivity index (χ0v) is 16.1. The smallest absolute Gasteiger partial charge is 0.390 e. The third-order valence-electron chi connectivity index (χ3n) is 8.04. The van der Waals surface area contributed by atoms with Crippen LogP contribution < -0.4 is 0 Å². The van der Waals surface area contributed by atoms with Gasteiger partial charge in [0.1, 0.15) is 0 Å². The Morgan fingerprint density at radius 2 is 1.50 bits per heavy atom. The largest absolute Gasteiger partial charge is 0.427 e. The molecule has 4 aliphatic rings. The molecule has 0 aromatic heterocycles. The van der Waals surface area contributed by atoms with Gasteiger partial charge >= 0.3 is 12.4 Å². The van der Waals surface area contributed by atoms with Gasteiger partial charge in [0.25, 0.3) is 5.60 Å². The van der Waals surface area contributed by atoms with Crippen molar-refractivity contribution in [2.24, 2.45) is 22.7 Å². The van der Waals surface area contributed by atoms with E-state index in [9.17, 15) is 31.4 Å². The van der Waals surface area contributed by atoms with E-state index in [0.29, 0.717) is 32.1 Å². The summed E-state index contributed by atoms with van der Waals surface area (Å²) in [4.78, 5) is 0. The Kier molecular flexibility index (Phi) is 4.46. The molecule has 0 heterocycles. The Morgan fingerprint density at radius 3 is 2.04 bits per heavy atom. The van der Waals surface area contributed by atoms with Gasteiger partial charge in [0, 0.05) is 5.41 Å². The number of hydrogen-bond acceptors (Lipinski definition) is 2. The van der Waals surface area contributed by atoms with Crippen molar-refractivity contribution in [1.82, 2.24) is 0 Å². The van der Waals surface area contributed by atoms with Crippen LogP contribution in [0.2, 0.25) is 0 Å². The molecule has 4 atom stereocenters. The third-order valence-corrected chi connectivity index (χ3v) is 8.04. The molecule has 0 saturated heterocycles. The highest BCUT2D eigenvalue weighted by Gasteiger charge is 2.84. The summed E-state index contributed by atoms with van der Waals surface area (Å²) in [6.45, 7) is 0.505. The summed E-state index contributed by atoms with van der Waals surface area (Å²) < 4.78 is 90.6. The molecule has 0 aliphatic heterocycles. The highest BCUT2D eigenvalue weighted by atomic mass is 19.4. The van der Waals surface area contributed by atoms with Crippen molar-refractivity contribution >= 4 is 0 Å². The maximum Gasteiger partial charge on any atom is 0.427 e. The molecule has 1 N–H and O–H groups in total. The number of halogens is 6. The first kappa shape index (κ1) is 20.8. The average Bonchev–Trinajstić information content (AvgIpc) is 3.06. The van der Waals surface area contributed by atoms with Crippen molar-refractivity contribution < 1.29 is 36.2 Å². The summed E-state index contributed by atoms with van der Waals surface area (Å²) in [6.07, 6.45) is -6.96. The molecule has 2 bridgehead atoms. The summed E-state index contributed by atoms with van der Waals surface area (Å²) >= 11 is 0. The van der Waals surface area contributed by atoms with Crippen LogP contribution in [-0.4, -0.2) is 35.3 Å². The van der Waals surface area contributed by atoms with Gasteiger partial charge in [0.15, 0.2) is 0 Å². The van der Waals surface area contributed by atoms with E-state index in [4.69, 9.17) is 4.74 Å². The minimum Gasteiger partial charge on any atom is -0.390 e. The molecule has 0 radical (unpaired) electrons. The van der Waals surface area contributed by atoms with E-state index in [1.54, 1.807) is 0 Å². The number of hydrogen-bond donors (Lipinski definition) is 1. The van der Waals surface area contributed by atoms with Gasteiger partial charge in [-0.15, -0.1) is 0 Å². The Labute approximate surface area is 161 Å². The fraction of sp³-hybridized carbons (Fsp3) is 1.00. The summed E-state index contributed by atoms with van der Waals surface area (Å²) in [5.74, 6) is -0.242. The van der Waals surface area contributed by atoms with Gasteiger partial charge in [0.2, 0.25) is 0 Å². The summed E-state index contributed by atoms with van der Waals surface area (Å²) in [7, 11) is 0. The Hall–Kier alpha value is -0.500. The normalized spacial score (nSPS) is 41.8. The first-order valence-electron chi connectivity index (χ1n) is 10.3. The lowest BCUT2D eigenvalue weighted by atomic mass is 9.57. The number of alkyl halides is 6. The number of aliphatic hydroxyl groups is 1. The SMILES string of the molecule is CC1(C(OCC2CCCCC2)(C(F)(F)F)C(F)(F)F)CC2(O)CC3CC3(C2)C1. The van der Waals surface area contributed by atoms with Crippen LogP contribution in [0.15, 0.2) is 0 Å². The topological polar surface area (TPSA) is 29.5 Å². The highest BCUT2D eigenvalue weighted by molar-refractivity contribution is 5.25. The van der Waals surface area contributed by atoms with Crippen LogP contribution in [0.25, 0.3) is 0 Å². The molecule has 4 saturated carbocycles. The Morgan fingerprint density at radius 1 is 0.893 bits per heavy atom. The fourth-order valence-corrected chi connectivity index (χ4v) is 7.13. The van der Waals surface area contributed by atoms with Crippen molar-refractivity contribution in [3.05, 3.63) is 0 Å². The molecule has 4 aliphatic carbocycles. The van der Waals surface area contributed by atoms with E-state index < -0.39 is 47.4 Å². The van der Waals surface area contributed by atoms with E-state index in [-0.39, 0.29) is 18.3 Å². The second-order valence-electron chi connectivity index (χ2n) is 10.3. The molecule has 1 spiro atoms. The molecule has 0 amide bonds. The molecule has 4 rings (SSSR count). The summed E-state index contributed by atoms with van der Waals surface area (Å²) in [5.41, 5.74) is -8.52. The van der Waals surface area contributed by atoms with Crippen LogP contribution in [0.5, 0.6) is 0 Å². The van der Waals surface area contributed by atoms with Gasteiger partial charge in [-0.1, -0.05) is 26.2 Å². The zero-order chi connectivity index (χ0) is 20.6. The van der Waals surface area contributed by atoms with Gasteiger partial charge in [-0.25, -0.2) is 0 Å². The Bertz CT molecular complexity index is 603. The first-order valence-corrected chi connectivity index (χ1v) is 10.3. The minimum atomic E-state index is -5.61. The van der Waals surface area contributed by atoms with Crippen molar-refractivity contribution in [3.63, 3.8) is 0 Å². The molecule has 0 aromatic carbocycles. The molecule has 0 aromatic rings. The zero-order valence-electron chi connectivity index (χ0n) is 16.1. The lowest BCUT2D eigenvalue weighted by Gasteiger charge is -2.55. The number of rotatable bonds is 4. The molecular weight excluding hydrogens is 386 g/mol. The second kappa shape index (κ2) is 6.02. The van der Waals surface area contributed by atoms with Crippen molar-refractivity contribution in [3.8, 4) is 0 Å². The quantitative estimate of drug-likeness (QED) is 0.591. The molecule has 162 valence electrons. The van der Waals surface area contributed by atoms with Crippen LogP contribution in [0.3, 0.4) is 0 Å². The standard InChI is InChI=1S/C20H28F6O2/c1-15(10-16-7-14(16)8-17(27,11-15)12-16)18(19(21,22)23,20(24,25)26)28-9-13-5-3-2-4-6-13/h13-14,27H,2-12H2,1H3. The van der Waals surface area contributed by atoms with Crippen LogP contribution in [0.1, 0.15) is 71.1 Å². The second-order valence-corrected chi connectivity index (χ2v) is 10.3. The number of ether oxygens (including phenoxy) is 1. The van der Waals surface area contributed by atoms with Crippen LogP contribution in [-0.2, 0) is 4.74 Å². The molecule has 8 heteroatoms. The minimum absolute atomic E-state index is 0.0387. The predicted octanol–water partition coefficient (Wildman–Crippen LogP) is 5.78. The third kappa shape index (κ3) is 2.91. The van der Waals surface area contributed by atoms with Crippen molar-refractivity contribution in [1.29, 1.82) is 0 Å². The van der Waals surface area contributed by atoms with Crippen molar-refractivity contribution in [2.75, 3.05) is 6.61 Å². The highest BCUT2D eigenvalue weighted by Crippen LogP contribution is 2.78. The summed E-state index contributed by atoms with van der Waals surface area (Å²) in [6, 6.07) is 0. The fourth-order valence-electron chi connectivity index (χ4n) is 7.13. The molecular formula is C20H28F6O2. The lowest BCUT2D eigenvalue weighted by molar-refractivity contribution is -0.423. The van der Waals surface area contributed by atoms with Crippen LogP contribution in [0, 0.1) is 22.7 Å². The average molecular weight is 414 g/mol. The first-order chi connectivity index (χ1) is 12.8. The van der Waals surface area contributed by atoms with Gasteiger partial charge in [0.05, 0.1) is 12.2 Å². The monoisotopic (exact) mass is 414 g/mol. The molecule has 2 nitrogen and oxygen atoms in total. The molecule has 4 unspecified atom stereocenters. The van der Waals surface area contributed by atoms with E-state index >= 15 is 0 Å². The van der Waals surface area contributed by atoms with E-state index in [0.717, 1.165) is 26.2 Å². The van der Waals surface area contributed by atoms with E-state index in [1.807, 2.05) is 0 Å². The van der Waals surface area contributed by atoms with Gasteiger partial charge < -0.3 is 9.84 Å². The molecule has 4 fully saturated rings. The maximum absolute atomic E-state index is 14.3. The van der Waals surface area contributed by atoms with Crippen molar-refractivity contribution in [2.45, 2.75) is 94.7 Å². The van der Waals surface area contributed by atoms with Gasteiger partial charge in [-0.05, 0) is 62.2 Å². The van der Waals surface area contributed by atoms with Gasteiger partial charge in [-0.2, -0.15) is 26.3 Å². The van der Waals surface area contributed by atoms with E-state index in [1.165, 1.54) is 0 Å². The van der Waals surface area contributed by atoms with Crippen LogP contribution in [0.4, 0.5) is 26.3 Å². The molecule has 28 heavy (non-hydrogen) atoms. The predicted molar refractivity (Wildman–Crippen MR) is 89.4 cm³/mol. The van der Waals surface area contributed by atoms with E-state index in [2.05, 4.69) is 0 Å². The lowest BCUT2D eigenvalue weighted by Crippen LogP contribution is -2.70. The van der Waals surface area contributed by atoms with Gasteiger partial charge in [-0.3, -0.25) is 0 Å². The maximum atomic E-state index is 14.3.